The highest BCUT2D eigenvalue weighted by Crippen LogP contribution is 2.17. The largest absolute Gasteiger partial charge is 0.478 e. The summed E-state index contributed by atoms with van der Waals surface area (Å²) >= 11 is 0. The summed E-state index contributed by atoms with van der Waals surface area (Å²) in [5.41, 5.74) is 0.917. The molecule has 0 saturated carbocycles. The average Bonchev–Trinajstić information content (AvgIpc) is 2.23. The number of allylic oxidation sites excluding steroid dienone is 3. The molecule has 0 aromatic heterocycles. The standard InChI is InChI=1S/C15H26O4/c1-11(8-9-13(16)15(3,4)19)6-5-7-12(2)10-14(17)18/h6,10,13,16,19H,5,7-9H2,1-4H3,(H,17,18)/b11-6+,12-10-/t13-/m1/s1. The summed E-state index contributed by atoms with van der Waals surface area (Å²) in [6.07, 6.45) is 5.31. The Morgan fingerprint density at radius 2 is 1.79 bits per heavy atom. The normalized spacial score (nSPS) is 15.5. The zero-order chi connectivity index (χ0) is 15.1. The third kappa shape index (κ3) is 9.45. The van der Waals surface area contributed by atoms with Gasteiger partial charge >= 0.3 is 5.97 Å². The van der Waals surface area contributed by atoms with Gasteiger partial charge < -0.3 is 15.3 Å². The molecule has 4 heteroatoms. The van der Waals surface area contributed by atoms with Crippen LogP contribution in [0.4, 0.5) is 0 Å². The van der Waals surface area contributed by atoms with Gasteiger partial charge in [-0.2, -0.15) is 0 Å². The van der Waals surface area contributed by atoms with E-state index in [0.29, 0.717) is 6.42 Å². The van der Waals surface area contributed by atoms with E-state index >= 15 is 0 Å². The Labute approximate surface area is 115 Å². The summed E-state index contributed by atoms with van der Waals surface area (Å²) in [4.78, 5) is 10.4. The maximum absolute atomic E-state index is 10.4. The SMILES string of the molecule is C/C(=C/C(=O)O)CC/C=C(\C)CC[C@@H](O)C(C)(C)O. The Morgan fingerprint density at radius 3 is 2.26 bits per heavy atom. The van der Waals surface area contributed by atoms with Gasteiger partial charge in [-0.3, -0.25) is 0 Å². The van der Waals surface area contributed by atoms with E-state index in [1.807, 2.05) is 6.92 Å². The van der Waals surface area contributed by atoms with Crippen molar-refractivity contribution in [3.05, 3.63) is 23.3 Å². The van der Waals surface area contributed by atoms with Crippen LogP contribution in [-0.2, 0) is 4.79 Å². The number of carboxylic acid groups (broad SMARTS) is 1. The zero-order valence-corrected chi connectivity index (χ0v) is 12.3. The van der Waals surface area contributed by atoms with Crippen LogP contribution >= 0.6 is 0 Å². The molecule has 0 saturated heterocycles. The van der Waals surface area contributed by atoms with Crippen LogP contribution in [0.15, 0.2) is 23.3 Å². The van der Waals surface area contributed by atoms with E-state index in [0.717, 1.165) is 30.4 Å². The predicted octanol–water partition coefficient (Wildman–Crippen LogP) is 2.66. The molecule has 0 bridgehead atoms. The van der Waals surface area contributed by atoms with Gasteiger partial charge in [-0.1, -0.05) is 17.2 Å². The molecule has 0 aliphatic carbocycles. The van der Waals surface area contributed by atoms with Gasteiger partial charge in [-0.25, -0.2) is 4.79 Å². The van der Waals surface area contributed by atoms with Gasteiger partial charge in [0.15, 0.2) is 0 Å². The second-order valence-electron chi connectivity index (χ2n) is 5.63. The molecular formula is C15H26O4. The van der Waals surface area contributed by atoms with Gasteiger partial charge in [0, 0.05) is 6.08 Å². The molecule has 0 rings (SSSR count). The fourth-order valence-electron chi connectivity index (χ4n) is 1.65. The van der Waals surface area contributed by atoms with E-state index in [9.17, 15) is 15.0 Å². The van der Waals surface area contributed by atoms with Crippen molar-refractivity contribution in [2.45, 2.75) is 65.1 Å². The molecule has 110 valence electrons. The molecule has 0 spiro atoms. The average molecular weight is 270 g/mol. The van der Waals surface area contributed by atoms with E-state index in [4.69, 9.17) is 5.11 Å². The van der Waals surface area contributed by atoms with Gasteiger partial charge in [-0.15, -0.1) is 0 Å². The lowest BCUT2D eigenvalue weighted by molar-refractivity contribution is -0.131. The number of aliphatic hydroxyl groups excluding tert-OH is 1. The van der Waals surface area contributed by atoms with E-state index < -0.39 is 17.7 Å². The van der Waals surface area contributed by atoms with Gasteiger partial charge in [0.1, 0.15) is 0 Å². The third-order valence-corrected chi connectivity index (χ3v) is 3.03. The van der Waals surface area contributed by atoms with Crippen LogP contribution in [0, 0.1) is 0 Å². The topological polar surface area (TPSA) is 77.8 Å². The monoisotopic (exact) mass is 270 g/mol. The summed E-state index contributed by atoms with van der Waals surface area (Å²) < 4.78 is 0. The zero-order valence-electron chi connectivity index (χ0n) is 12.3. The first-order chi connectivity index (χ1) is 8.62. The van der Waals surface area contributed by atoms with Gasteiger partial charge in [0.25, 0.3) is 0 Å². The second kappa shape index (κ2) is 8.12. The molecule has 3 N–H and O–H groups in total. The minimum absolute atomic E-state index is 0.524. The van der Waals surface area contributed by atoms with Crippen LogP contribution < -0.4 is 0 Å². The second-order valence-corrected chi connectivity index (χ2v) is 5.63. The van der Waals surface area contributed by atoms with Crippen molar-refractivity contribution in [3.63, 3.8) is 0 Å². The highest BCUT2D eigenvalue weighted by atomic mass is 16.4. The molecule has 1 atom stereocenters. The number of hydrogen-bond acceptors (Lipinski definition) is 3. The summed E-state index contributed by atoms with van der Waals surface area (Å²) in [7, 11) is 0. The lowest BCUT2D eigenvalue weighted by atomic mass is 9.95. The van der Waals surface area contributed by atoms with Crippen LogP contribution in [0.5, 0.6) is 0 Å². The van der Waals surface area contributed by atoms with E-state index in [-0.39, 0.29) is 0 Å². The lowest BCUT2D eigenvalue weighted by Crippen LogP contribution is -2.35. The first-order valence-corrected chi connectivity index (χ1v) is 6.59. The maximum Gasteiger partial charge on any atom is 0.328 e. The first kappa shape index (κ1) is 17.9. The minimum atomic E-state index is -1.07. The molecule has 0 unspecified atom stereocenters. The maximum atomic E-state index is 10.4. The molecule has 0 aromatic carbocycles. The van der Waals surface area contributed by atoms with Gasteiger partial charge in [-0.05, 0) is 53.4 Å². The Hall–Kier alpha value is -1.13. The number of carboxylic acids is 1. The highest BCUT2D eigenvalue weighted by molar-refractivity contribution is 5.80. The Balaban J connectivity index is 4.06. The van der Waals surface area contributed by atoms with Gasteiger partial charge in [0.2, 0.25) is 0 Å². The molecule has 19 heavy (non-hydrogen) atoms. The fraction of sp³-hybridized carbons (Fsp3) is 0.667. The van der Waals surface area contributed by atoms with E-state index in [1.54, 1.807) is 20.8 Å². The number of aliphatic carboxylic acids is 1. The van der Waals surface area contributed by atoms with E-state index in [1.165, 1.54) is 6.08 Å². The smallest absolute Gasteiger partial charge is 0.328 e. The van der Waals surface area contributed by atoms with Crippen LogP contribution in [0.1, 0.15) is 53.4 Å². The Bertz CT molecular complexity index is 348. The van der Waals surface area contributed by atoms with Crippen molar-refractivity contribution in [2.24, 2.45) is 0 Å². The summed E-state index contributed by atoms with van der Waals surface area (Å²) in [6, 6.07) is 0. The molecule has 0 heterocycles. The number of aliphatic hydroxyl groups is 2. The Morgan fingerprint density at radius 1 is 1.21 bits per heavy atom. The summed E-state index contributed by atoms with van der Waals surface area (Å²) in [5, 5.41) is 27.9. The molecule has 0 aromatic rings. The van der Waals surface area contributed by atoms with Gasteiger partial charge in [0.05, 0.1) is 11.7 Å². The molecular weight excluding hydrogens is 244 g/mol. The molecule has 0 fully saturated rings. The van der Waals surface area contributed by atoms with Crippen molar-refractivity contribution in [3.8, 4) is 0 Å². The van der Waals surface area contributed by atoms with Crippen molar-refractivity contribution < 1.29 is 20.1 Å². The summed E-state index contributed by atoms with van der Waals surface area (Å²) in [6.45, 7) is 6.97. The molecule has 4 nitrogen and oxygen atoms in total. The summed E-state index contributed by atoms with van der Waals surface area (Å²) in [5.74, 6) is -0.911. The van der Waals surface area contributed by atoms with Crippen LogP contribution in [0.2, 0.25) is 0 Å². The number of carbonyl (C=O) groups is 1. The first-order valence-electron chi connectivity index (χ1n) is 6.59. The van der Waals surface area contributed by atoms with Crippen molar-refractivity contribution in [1.82, 2.24) is 0 Å². The third-order valence-electron chi connectivity index (χ3n) is 3.03. The van der Waals surface area contributed by atoms with Crippen LogP contribution in [-0.4, -0.2) is 33.0 Å². The number of rotatable bonds is 8. The van der Waals surface area contributed by atoms with Crippen molar-refractivity contribution >= 4 is 5.97 Å². The van der Waals surface area contributed by atoms with Crippen molar-refractivity contribution in [2.75, 3.05) is 0 Å². The quantitative estimate of drug-likeness (QED) is 0.468. The Kier molecular flexibility index (Phi) is 7.64. The fourth-order valence-corrected chi connectivity index (χ4v) is 1.65. The van der Waals surface area contributed by atoms with Crippen LogP contribution in [0.25, 0.3) is 0 Å². The molecule has 0 radical (unpaired) electrons. The predicted molar refractivity (Wildman–Crippen MR) is 75.9 cm³/mol. The van der Waals surface area contributed by atoms with E-state index in [2.05, 4.69) is 6.08 Å². The highest BCUT2D eigenvalue weighted by Gasteiger charge is 2.23. The van der Waals surface area contributed by atoms with Crippen molar-refractivity contribution in [1.29, 1.82) is 0 Å². The van der Waals surface area contributed by atoms with Crippen LogP contribution in [0.3, 0.4) is 0 Å². The number of hydrogen-bond donors (Lipinski definition) is 3. The molecule has 0 aliphatic rings. The lowest BCUT2D eigenvalue weighted by Gasteiger charge is -2.24. The molecule has 0 amide bonds. The molecule has 0 aliphatic heterocycles. The minimum Gasteiger partial charge on any atom is -0.478 e.